The highest BCUT2D eigenvalue weighted by molar-refractivity contribution is 6.21. The Morgan fingerprint density at radius 2 is 1.86 bits per heavy atom. The van der Waals surface area contributed by atoms with Gasteiger partial charge in [-0.3, -0.25) is 14.5 Å². The molecule has 0 spiro atoms. The molecule has 0 unspecified atom stereocenters. The summed E-state index contributed by atoms with van der Waals surface area (Å²) in [6.45, 7) is -0.136. The van der Waals surface area contributed by atoms with E-state index < -0.39 is 17.8 Å². The van der Waals surface area contributed by atoms with Crippen molar-refractivity contribution in [3.63, 3.8) is 0 Å². The first-order valence-corrected chi connectivity index (χ1v) is 6.09. The standard InChI is InChI=1S/C14H10N2O5/c1-20-14(19)10-7-21-11(15-10)6-16-12(17)8-4-2-3-5-9(8)13(16)18/h2-5,7H,6H2,1H3. The largest absolute Gasteiger partial charge is 0.464 e. The number of carbonyl (C=O) groups excluding carboxylic acids is 3. The maximum absolute atomic E-state index is 12.2. The van der Waals surface area contributed by atoms with Gasteiger partial charge in [0.25, 0.3) is 11.8 Å². The van der Waals surface area contributed by atoms with Crippen LogP contribution in [0.1, 0.15) is 37.1 Å². The molecule has 0 saturated carbocycles. The van der Waals surface area contributed by atoms with E-state index in [9.17, 15) is 14.4 Å². The van der Waals surface area contributed by atoms with Crippen molar-refractivity contribution in [3.8, 4) is 0 Å². The molecule has 7 nitrogen and oxygen atoms in total. The minimum Gasteiger partial charge on any atom is -0.464 e. The Labute approximate surface area is 119 Å². The van der Waals surface area contributed by atoms with Crippen LogP contribution in [0.3, 0.4) is 0 Å². The second-order valence-electron chi connectivity index (χ2n) is 4.36. The number of ether oxygens (including phenoxy) is 1. The first kappa shape index (κ1) is 13.0. The predicted octanol–water partition coefficient (Wildman–Crippen LogP) is 1.26. The summed E-state index contributed by atoms with van der Waals surface area (Å²) in [6.07, 6.45) is 1.12. The molecule has 7 heteroatoms. The Balaban J connectivity index is 1.84. The van der Waals surface area contributed by atoms with Crippen molar-refractivity contribution < 1.29 is 23.5 Å². The molecule has 2 aromatic rings. The van der Waals surface area contributed by atoms with Crippen LogP contribution in [0.25, 0.3) is 0 Å². The lowest BCUT2D eigenvalue weighted by atomic mass is 10.1. The minimum atomic E-state index is -0.646. The molecule has 0 radical (unpaired) electrons. The number of hydrogen-bond donors (Lipinski definition) is 0. The van der Waals surface area contributed by atoms with Crippen LogP contribution in [0.4, 0.5) is 0 Å². The predicted molar refractivity (Wildman–Crippen MR) is 68.5 cm³/mol. The number of hydrogen-bond acceptors (Lipinski definition) is 6. The third-order valence-electron chi connectivity index (χ3n) is 3.12. The fraction of sp³-hybridized carbons (Fsp3) is 0.143. The van der Waals surface area contributed by atoms with E-state index in [2.05, 4.69) is 9.72 Å². The van der Waals surface area contributed by atoms with Crippen LogP contribution in [-0.4, -0.2) is 34.8 Å². The number of amides is 2. The lowest BCUT2D eigenvalue weighted by Crippen LogP contribution is -2.29. The molecule has 1 aromatic carbocycles. The average Bonchev–Trinajstić information content (AvgIpc) is 3.07. The zero-order chi connectivity index (χ0) is 15.0. The zero-order valence-electron chi connectivity index (χ0n) is 11.0. The van der Waals surface area contributed by atoms with Gasteiger partial charge >= 0.3 is 5.97 Å². The smallest absolute Gasteiger partial charge is 0.360 e. The number of fused-ring (bicyclic) bond motifs is 1. The van der Waals surface area contributed by atoms with Gasteiger partial charge in [-0.15, -0.1) is 0 Å². The van der Waals surface area contributed by atoms with E-state index in [1.165, 1.54) is 7.11 Å². The van der Waals surface area contributed by atoms with Crippen molar-refractivity contribution in [1.29, 1.82) is 0 Å². The van der Waals surface area contributed by atoms with Gasteiger partial charge in [-0.1, -0.05) is 12.1 Å². The molecular formula is C14H10N2O5. The summed E-state index contributed by atoms with van der Waals surface area (Å²) in [5.41, 5.74) is 0.689. The fourth-order valence-corrected chi connectivity index (χ4v) is 2.10. The number of aromatic nitrogens is 1. The number of oxazole rings is 1. The van der Waals surface area contributed by atoms with Crippen LogP contribution >= 0.6 is 0 Å². The van der Waals surface area contributed by atoms with Gasteiger partial charge in [0.15, 0.2) is 5.69 Å². The highest BCUT2D eigenvalue weighted by Crippen LogP contribution is 2.24. The second-order valence-corrected chi connectivity index (χ2v) is 4.36. The van der Waals surface area contributed by atoms with E-state index in [0.717, 1.165) is 11.2 Å². The van der Waals surface area contributed by atoms with E-state index in [-0.39, 0.29) is 18.1 Å². The molecule has 0 saturated heterocycles. The summed E-state index contributed by atoms with van der Waals surface area (Å²) >= 11 is 0. The number of nitrogens with zero attached hydrogens (tertiary/aromatic N) is 2. The molecule has 2 amide bonds. The van der Waals surface area contributed by atoms with Gasteiger partial charge in [0.1, 0.15) is 12.8 Å². The molecule has 0 fully saturated rings. The van der Waals surface area contributed by atoms with Crippen molar-refractivity contribution in [2.75, 3.05) is 7.11 Å². The quantitative estimate of drug-likeness (QED) is 0.623. The van der Waals surface area contributed by atoms with E-state index in [1.54, 1.807) is 24.3 Å². The molecule has 1 aliphatic heterocycles. The number of rotatable bonds is 3. The first-order chi connectivity index (χ1) is 10.1. The molecule has 21 heavy (non-hydrogen) atoms. The number of esters is 1. The normalized spacial score (nSPS) is 13.5. The maximum Gasteiger partial charge on any atom is 0.360 e. The van der Waals surface area contributed by atoms with E-state index >= 15 is 0 Å². The van der Waals surface area contributed by atoms with Gasteiger partial charge in [-0.25, -0.2) is 9.78 Å². The van der Waals surface area contributed by atoms with Crippen LogP contribution in [0.15, 0.2) is 34.9 Å². The third kappa shape index (κ3) is 2.08. The Hall–Kier alpha value is -2.96. The minimum absolute atomic E-state index is 0.0101. The highest BCUT2D eigenvalue weighted by atomic mass is 16.5. The van der Waals surface area contributed by atoms with E-state index in [4.69, 9.17) is 4.42 Å². The van der Waals surface area contributed by atoms with Crippen molar-refractivity contribution in [2.45, 2.75) is 6.54 Å². The monoisotopic (exact) mass is 286 g/mol. The molecule has 0 aliphatic carbocycles. The average molecular weight is 286 g/mol. The molecule has 0 bridgehead atoms. The summed E-state index contributed by atoms with van der Waals surface area (Å²) in [4.78, 5) is 40.5. The van der Waals surface area contributed by atoms with Crippen LogP contribution < -0.4 is 0 Å². The number of benzene rings is 1. The van der Waals surface area contributed by atoms with Crippen molar-refractivity contribution in [2.24, 2.45) is 0 Å². The van der Waals surface area contributed by atoms with Crippen molar-refractivity contribution in [3.05, 3.63) is 53.2 Å². The van der Waals surface area contributed by atoms with Crippen LogP contribution in [0, 0.1) is 0 Å². The molecule has 0 atom stereocenters. The zero-order valence-corrected chi connectivity index (χ0v) is 11.0. The first-order valence-electron chi connectivity index (χ1n) is 6.09. The highest BCUT2D eigenvalue weighted by Gasteiger charge is 2.36. The summed E-state index contributed by atoms with van der Waals surface area (Å²) in [7, 11) is 1.22. The number of methoxy groups -OCH3 is 1. The Bertz CT molecular complexity index is 714. The van der Waals surface area contributed by atoms with Gasteiger partial charge in [-0.05, 0) is 12.1 Å². The molecule has 0 N–H and O–H groups in total. The Morgan fingerprint density at radius 3 is 2.43 bits per heavy atom. The van der Waals surface area contributed by atoms with Crippen LogP contribution in [-0.2, 0) is 11.3 Å². The molecule has 3 rings (SSSR count). The summed E-state index contributed by atoms with van der Waals surface area (Å²) < 4.78 is 9.59. The maximum atomic E-state index is 12.2. The number of carbonyl (C=O) groups is 3. The van der Waals surface area contributed by atoms with Crippen LogP contribution in [0.2, 0.25) is 0 Å². The molecule has 1 aromatic heterocycles. The third-order valence-corrected chi connectivity index (χ3v) is 3.12. The van der Waals surface area contributed by atoms with Gasteiger partial charge in [0.2, 0.25) is 5.89 Å². The molecule has 106 valence electrons. The van der Waals surface area contributed by atoms with Gasteiger partial charge < -0.3 is 9.15 Å². The topological polar surface area (TPSA) is 89.7 Å². The molecular weight excluding hydrogens is 276 g/mol. The van der Waals surface area contributed by atoms with Crippen molar-refractivity contribution >= 4 is 17.8 Å². The van der Waals surface area contributed by atoms with Crippen molar-refractivity contribution in [1.82, 2.24) is 9.88 Å². The lowest BCUT2D eigenvalue weighted by molar-refractivity contribution is 0.0592. The molecule has 2 heterocycles. The van der Waals surface area contributed by atoms with Crippen LogP contribution in [0.5, 0.6) is 0 Å². The SMILES string of the molecule is COC(=O)c1coc(CN2C(=O)c3ccccc3C2=O)n1. The summed E-state index contributed by atoms with van der Waals surface area (Å²) in [5.74, 6) is -1.38. The van der Waals surface area contributed by atoms with E-state index in [1.807, 2.05) is 0 Å². The second kappa shape index (κ2) is 4.86. The van der Waals surface area contributed by atoms with Gasteiger partial charge in [0, 0.05) is 0 Å². The van der Waals surface area contributed by atoms with Gasteiger partial charge in [-0.2, -0.15) is 0 Å². The summed E-state index contributed by atoms with van der Waals surface area (Å²) in [6, 6.07) is 6.55. The Morgan fingerprint density at radius 1 is 1.24 bits per heavy atom. The number of imide groups is 1. The lowest BCUT2D eigenvalue weighted by Gasteiger charge is -2.10. The summed E-state index contributed by atoms with van der Waals surface area (Å²) in [5, 5.41) is 0. The van der Waals surface area contributed by atoms with Gasteiger partial charge in [0.05, 0.1) is 18.2 Å². The fourth-order valence-electron chi connectivity index (χ4n) is 2.10. The van der Waals surface area contributed by atoms with E-state index in [0.29, 0.717) is 11.1 Å². The Kier molecular flexibility index (Phi) is 3.02. The molecule has 1 aliphatic rings.